The van der Waals surface area contributed by atoms with Crippen LogP contribution >= 0.6 is 15.8 Å². The molecule has 0 aromatic heterocycles. The van der Waals surface area contributed by atoms with Crippen LogP contribution in [0.4, 0.5) is 0 Å². The Morgan fingerprint density at radius 2 is 0.656 bits per heavy atom. The Morgan fingerprint density at radius 1 is 0.500 bits per heavy atom. The molecular formula is C27H27O2P2Pd-. The first-order valence-corrected chi connectivity index (χ1v) is 13.4. The third kappa shape index (κ3) is 9.56. The minimum atomic E-state index is -0.171. The van der Waals surface area contributed by atoms with Gasteiger partial charge in [0.05, 0.1) is 0 Å². The van der Waals surface area contributed by atoms with E-state index in [0.717, 1.165) is 0 Å². The molecule has 0 aliphatic heterocycles. The second kappa shape index (κ2) is 16.5. The van der Waals surface area contributed by atoms with E-state index >= 15 is 0 Å². The zero-order valence-electron chi connectivity index (χ0n) is 18.1. The summed E-state index contributed by atoms with van der Waals surface area (Å²) in [5.74, 6) is 0. The molecule has 0 spiro atoms. The summed E-state index contributed by atoms with van der Waals surface area (Å²) in [5, 5.41) is 12.5. The van der Waals surface area contributed by atoms with Crippen molar-refractivity contribution >= 4 is 43.5 Å². The van der Waals surface area contributed by atoms with Gasteiger partial charge in [-0.05, 0) is 50.4 Å². The van der Waals surface area contributed by atoms with Gasteiger partial charge >= 0.3 is 0 Å². The molecule has 32 heavy (non-hydrogen) atoms. The van der Waals surface area contributed by atoms with E-state index in [1.165, 1.54) is 21.2 Å². The van der Waals surface area contributed by atoms with E-state index in [1.807, 2.05) is 0 Å². The third-order valence-electron chi connectivity index (χ3n) is 4.57. The van der Waals surface area contributed by atoms with Gasteiger partial charge in [-0.15, -0.1) is 0 Å². The summed E-state index contributed by atoms with van der Waals surface area (Å²) in [5.41, 5.74) is 0. The summed E-state index contributed by atoms with van der Waals surface area (Å²) in [6, 6.07) is 42.8. The summed E-state index contributed by atoms with van der Waals surface area (Å²) in [6.07, 6.45) is 0. The molecule has 0 saturated heterocycles. The molecule has 0 fully saturated rings. The van der Waals surface area contributed by atoms with Crippen molar-refractivity contribution in [2.45, 2.75) is 0 Å². The van der Waals surface area contributed by atoms with Crippen LogP contribution in [0.1, 0.15) is 0 Å². The van der Waals surface area contributed by atoms with Crippen molar-refractivity contribution in [3.63, 3.8) is 0 Å². The molecule has 4 aromatic rings. The summed E-state index contributed by atoms with van der Waals surface area (Å²) in [4.78, 5) is 8.24. The molecule has 2 nitrogen and oxygen atoms in total. The maximum atomic E-state index is 8.24. The first kappa shape index (κ1) is 27.9. The Labute approximate surface area is 207 Å². The van der Waals surface area contributed by atoms with Crippen molar-refractivity contribution in [3.05, 3.63) is 121 Å². The second-order valence-electron chi connectivity index (χ2n) is 6.55. The molecule has 0 saturated carbocycles. The summed E-state index contributed by atoms with van der Waals surface area (Å²) >= 11 is 0. The van der Waals surface area contributed by atoms with Gasteiger partial charge in [0.15, 0.2) is 0 Å². The predicted octanol–water partition coefficient (Wildman–Crippen LogP) is 5.11. The van der Waals surface area contributed by atoms with Crippen molar-refractivity contribution in [1.29, 1.82) is 0 Å². The largest absolute Gasteiger partial charge is 0.665 e. The van der Waals surface area contributed by atoms with Gasteiger partial charge in [-0.1, -0.05) is 128 Å². The van der Waals surface area contributed by atoms with Crippen LogP contribution in [-0.4, -0.2) is 24.9 Å². The summed E-state index contributed by atoms with van der Waals surface area (Å²) in [6.45, 7) is 5.11. The zero-order chi connectivity index (χ0) is 22.3. The molecule has 4 aromatic carbocycles. The minimum Gasteiger partial charge on any atom is -0.665 e. The monoisotopic (exact) mass is 551 g/mol. The molecule has 4 rings (SSSR count). The third-order valence-corrected chi connectivity index (χ3v) is 8.86. The molecule has 0 aliphatic carbocycles. The molecule has 0 atom stereocenters. The van der Waals surface area contributed by atoms with Crippen molar-refractivity contribution < 1.29 is 30.3 Å². The first-order valence-electron chi connectivity index (χ1n) is 9.86. The average molecular weight is 552 g/mol. The van der Waals surface area contributed by atoms with Crippen LogP contribution in [0.2, 0.25) is 0 Å². The van der Waals surface area contributed by atoms with E-state index in [2.05, 4.69) is 135 Å². The van der Waals surface area contributed by atoms with Crippen molar-refractivity contribution in [1.82, 2.24) is 0 Å². The SMILES string of the molecule is CP(c1ccccc1)c1ccccc1.CP(c1ccccc1)c1ccccc1.O=[C-]O.[Pd]. The van der Waals surface area contributed by atoms with Crippen LogP contribution < -0.4 is 21.2 Å². The van der Waals surface area contributed by atoms with Crippen molar-refractivity contribution in [2.75, 3.05) is 13.3 Å². The van der Waals surface area contributed by atoms with Crippen LogP contribution in [0.3, 0.4) is 0 Å². The first-order chi connectivity index (χ1) is 15.2. The van der Waals surface area contributed by atoms with Gasteiger partial charge in [-0.2, -0.15) is 0 Å². The van der Waals surface area contributed by atoms with E-state index in [-0.39, 0.29) is 36.3 Å². The Balaban J connectivity index is 0.000000278. The summed E-state index contributed by atoms with van der Waals surface area (Å²) < 4.78 is 0. The van der Waals surface area contributed by atoms with Crippen molar-refractivity contribution in [2.24, 2.45) is 0 Å². The molecule has 5 heteroatoms. The molecule has 1 N–H and O–H groups in total. The van der Waals surface area contributed by atoms with Crippen LogP contribution in [0.25, 0.3) is 0 Å². The van der Waals surface area contributed by atoms with E-state index in [1.54, 1.807) is 0 Å². The van der Waals surface area contributed by atoms with Gasteiger partial charge in [-0.25, -0.2) is 0 Å². The second-order valence-corrected chi connectivity index (χ2v) is 10.9. The van der Waals surface area contributed by atoms with Gasteiger partial charge in [0.25, 0.3) is 0 Å². The van der Waals surface area contributed by atoms with Gasteiger partial charge in [0.2, 0.25) is 0 Å². The average Bonchev–Trinajstić information content (AvgIpc) is 2.86. The fourth-order valence-electron chi connectivity index (χ4n) is 2.90. The smallest absolute Gasteiger partial charge is 0 e. The maximum absolute atomic E-state index is 8.24. The Bertz CT molecular complexity index is 825. The number of hydrogen-bond donors (Lipinski definition) is 1. The van der Waals surface area contributed by atoms with Gasteiger partial charge < -0.3 is 9.90 Å². The molecule has 168 valence electrons. The Morgan fingerprint density at radius 3 is 0.812 bits per heavy atom. The van der Waals surface area contributed by atoms with Crippen LogP contribution in [0.5, 0.6) is 0 Å². The van der Waals surface area contributed by atoms with Gasteiger partial charge in [-0.3, -0.25) is 0 Å². The van der Waals surface area contributed by atoms with Crippen LogP contribution in [0, 0.1) is 0 Å². The topological polar surface area (TPSA) is 37.3 Å². The maximum Gasteiger partial charge on any atom is 0 e. The fourth-order valence-corrected chi connectivity index (χ4v) is 5.98. The van der Waals surface area contributed by atoms with E-state index in [4.69, 9.17) is 9.90 Å². The Kier molecular flexibility index (Phi) is 14.4. The zero-order valence-corrected chi connectivity index (χ0v) is 21.5. The minimum absolute atomic E-state index is 0. The molecular weight excluding hydrogens is 525 g/mol. The van der Waals surface area contributed by atoms with Crippen LogP contribution in [0.15, 0.2) is 121 Å². The molecule has 0 heterocycles. The molecule has 0 radical (unpaired) electrons. The molecule has 0 unspecified atom stereocenters. The van der Waals surface area contributed by atoms with Crippen LogP contribution in [-0.2, 0) is 25.2 Å². The Hall–Kier alpha value is -2.13. The van der Waals surface area contributed by atoms with Crippen molar-refractivity contribution in [3.8, 4) is 0 Å². The molecule has 0 aliphatic rings. The van der Waals surface area contributed by atoms with E-state index < -0.39 is 0 Å². The fraction of sp³-hybridized carbons (Fsp3) is 0.0741. The quantitative estimate of drug-likeness (QED) is 0.218. The van der Waals surface area contributed by atoms with Gasteiger partial charge in [0, 0.05) is 20.4 Å². The number of aliphatic hydroxyl groups excluding tert-OH is 1. The van der Waals surface area contributed by atoms with E-state index in [0.29, 0.717) is 6.47 Å². The molecule has 0 amide bonds. The standard InChI is InChI=1S/2C13H13P.CHO2.Pd/c2*1-14(12-8-4-2-5-9-12)13-10-6-3-7-11-13;2-1-3;/h2*2-11H,1H3;(H,2,3);/q;;-1;. The normalized spacial score (nSPS) is 9.50. The van der Waals surface area contributed by atoms with E-state index in [9.17, 15) is 0 Å². The number of benzene rings is 4. The predicted molar refractivity (Wildman–Crippen MR) is 138 cm³/mol. The van der Waals surface area contributed by atoms with Gasteiger partial charge in [0.1, 0.15) is 0 Å². The summed E-state index contributed by atoms with van der Waals surface area (Å²) in [7, 11) is -0.342. The molecule has 0 bridgehead atoms. The number of rotatable bonds is 4. The number of hydrogen-bond acceptors (Lipinski definition) is 1.